The van der Waals surface area contributed by atoms with Crippen LogP contribution < -0.4 is 4.80 Å². The minimum Gasteiger partial charge on any atom is -0.383 e. The Bertz CT molecular complexity index is 942. The number of fused-ring (bicyclic) bond motifs is 1. The molecule has 3 rings (SSSR count). The van der Waals surface area contributed by atoms with Crippen molar-refractivity contribution in [2.45, 2.75) is 13.5 Å². The second-order valence-corrected chi connectivity index (χ2v) is 6.82. The molecule has 0 unspecified atom stereocenters. The summed E-state index contributed by atoms with van der Waals surface area (Å²) in [5.41, 5.74) is 2.77. The van der Waals surface area contributed by atoms with Crippen LogP contribution in [0.3, 0.4) is 0 Å². The van der Waals surface area contributed by atoms with Crippen molar-refractivity contribution in [1.29, 1.82) is 0 Å². The summed E-state index contributed by atoms with van der Waals surface area (Å²) < 4.78 is 8.36. The van der Waals surface area contributed by atoms with Gasteiger partial charge >= 0.3 is 0 Å². The number of amides is 1. The quantitative estimate of drug-likeness (QED) is 0.704. The highest BCUT2D eigenvalue weighted by Crippen LogP contribution is 2.21. The van der Waals surface area contributed by atoms with E-state index in [-0.39, 0.29) is 5.91 Å². The molecule has 124 valence electrons. The molecule has 3 aromatic rings. The molecule has 0 radical (unpaired) electrons. The van der Waals surface area contributed by atoms with Crippen molar-refractivity contribution in [3.63, 3.8) is 0 Å². The molecule has 0 spiro atoms. The Morgan fingerprint density at radius 2 is 2.00 bits per heavy atom. The highest BCUT2D eigenvalue weighted by atomic mass is 35.5. The summed E-state index contributed by atoms with van der Waals surface area (Å²) in [6.45, 7) is 3.26. The first-order chi connectivity index (χ1) is 11.6. The number of carbonyl (C=O) groups excluding carboxylic acids is 1. The molecule has 24 heavy (non-hydrogen) atoms. The van der Waals surface area contributed by atoms with Gasteiger partial charge in [-0.3, -0.25) is 4.79 Å². The van der Waals surface area contributed by atoms with Gasteiger partial charge in [0.2, 0.25) is 0 Å². The Morgan fingerprint density at radius 1 is 1.25 bits per heavy atom. The maximum atomic E-state index is 12.5. The van der Waals surface area contributed by atoms with E-state index in [9.17, 15) is 4.79 Å². The maximum absolute atomic E-state index is 12.5. The van der Waals surface area contributed by atoms with E-state index in [2.05, 4.69) is 18.0 Å². The molecule has 0 aliphatic carbocycles. The average Bonchev–Trinajstić information content (AvgIpc) is 2.92. The molecule has 6 heteroatoms. The predicted octanol–water partition coefficient (Wildman–Crippen LogP) is 4.05. The summed E-state index contributed by atoms with van der Waals surface area (Å²) in [6, 6.07) is 12.9. The van der Waals surface area contributed by atoms with E-state index in [0.717, 1.165) is 15.8 Å². The van der Waals surface area contributed by atoms with Gasteiger partial charge in [-0.15, -0.1) is 0 Å². The molecule has 0 saturated carbocycles. The van der Waals surface area contributed by atoms with Gasteiger partial charge in [-0.1, -0.05) is 35.1 Å². The molecule has 2 aromatic carbocycles. The number of para-hydroxylation sites is 1. The van der Waals surface area contributed by atoms with Gasteiger partial charge in [-0.05, 0) is 42.8 Å². The third-order valence-electron chi connectivity index (χ3n) is 3.71. The molecule has 0 saturated heterocycles. The zero-order chi connectivity index (χ0) is 17.1. The molecular weight excluding hydrogens is 344 g/mol. The number of thiazole rings is 1. The van der Waals surface area contributed by atoms with Gasteiger partial charge in [-0.25, -0.2) is 0 Å². The van der Waals surface area contributed by atoms with Crippen molar-refractivity contribution >= 4 is 39.1 Å². The molecule has 4 nitrogen and oxygen atoms in total. The smallest absolute Gasteiger partial charge is 0.279 e. The summed E-state index contributed by atoms with van der Waals surface area (Å²) in [7, 11) is 1.66. The number of halogens is 1. The fourth-order valence-corrected chi connectivity index (χ4v) is 3.78. The van der Waals surface area contributed by atoms with Crippen LogP contribution >= 0.6 is 22.9 Å². The number of rotatable bonds is 4. The van der Waals surface area contributed by atoms with Gasteiger partial charge < -0.3 is 9.30 Å². The predicted molar refractivity (Wildman–Crippen MR) is 97.8 cm³/mol. The van der Waals surface area contributed by atoms with Gasteiger partial charge in [0.1, 0.15) is 0 Å². The van der Waals surface area contributed by atoms with Crippen molar-refractivity contribution in [2.75, 3.05) is 13.7 Å². The summed E-state index contributed by atoms with van der Waals surface area (Å²) >= 11 is 7.38. The number of methoxy groups -OCH3 is 1. The number of aromatic nitrogens is 1. The van der Waals surface area contributed by atoms with Crippen LogP contribution in [0.15, 0.2) is 47.5 Å². The third kappa shape index (κ3) is 3.43. The van der Waals surface area contributed by atoms with Crippen molar-refractivity contribution in [1.82, 2.24) is 4.57 Å². The monoisotopic (exact) mass is 360 g/mol. The first kappa shape index (κ1) is 16.9. The van der Waals surface area contributed by atoms with Crippen molar-refractivity contribution in [3.8, 4) is 0 Å². The van der Waals surface area contributed by atoms with Crippen LogP contribution in [0.1, 0.15) is 15.9 Å². The van der Waals surface area contributed by atoms with Crippen LogP contribution in [0.2, 0.25) is 5.02 Å². The highest BCUT2D eigenvalue weighted by molar-refractivity contribution is 7.16. The van der Waals surface area contributed by atoms with Crippen molar-refractivity contribution in [3.05, 3.63) is 63.4 Å². The molecule has 0 atom stereocenters. The molecule has 0 bridgehead atoms. The fraction of sp³-hybridized carbons (Fsp3) is 0.222. The van der Waals surface area contributed by atoms with E-state index in [1.807, 2.05) is 16.7 Å². The largest absolute Gasteiger partial charge is 0.383 e. The minimum absolute atomic E-state index is 0.276. The van der Waals surface area contributed by atoms with Crippen LogP contribution in [0.4, 0.5) is 0 Å². The summed E-state index contributed by atoms with van der Waals surface area (Å²) in [6.07, 6.45) is 0. The van der Waals surface area contributed by atoms with E-state index in [1.165, 1.54) is 11.3 Å². The van der Waals surface area contributed by atoms with Gasteiger partial charge in [-0.2, -0.15) is 4.99 Å². The van der Waals surface area contributed by atoms with Gasteiger partial charge in [0, 0.05) is 24.2 Å². The van der Waals surface area contributed by atoms with Crippen LogP contribution in [0, 0.1) is 6.92 Å². The second kappa shape index (κ2) is 7.30. The first-order valence-electron chi connectivity index (χ1n) is 7.52. The zero-order valence-electron chi connectivity index (χ0n) is 13.5. The number of hydrogen-bond donors (Lipinski definition) is 0. The average molecular weight is 361 g/mol. The van der Waals surface area contributed by atoms with E-state index < -0.39 is 0 Å². The number of nitrogens with zero attached hydrogens (tertiary/aromatic N) is 2. The number of hydrogen-bond acceptors (Lipinski definition) is 3. The standard InChI is InChI=1S/C18H17ClN2O2S/c1-12-4-3-5-15-16(12)21(10-11-23-2)18(24-15)20-17(22)13-6-8-14(19)9-7-13/h3-9H,10-11H2,1-2H3. The van der Waals surface area contributed by atoms with Crippen molar-refractivity contribution in [2.24, 2.45) is 4.99 Å². The van der Waals surface area contributed by atoms with Crippen molar-refractivity contribution < 1.29 is 9.53 Å². The molecule has 0 fully saturated rings. The molecular formula is C18H17ClN2O2S. The van der Waals surface area contributed by atoms with Gasteiger partial charge in [0.05, 0.1) is 16.8 Å². The Morgan fingerprint density at radius 3 is 2.71 bits per heavy atom. The van der Waals surface area contributed by atoms with E-state index in [4.69, 9.17) is 16.3 Å². The Kier molecular flexibility index (Phi) is 5.14. The zero-order valence-corrected chi connectivity index (χ0v) is 15.0. The molecule has 0 N–H and O–H groups in total. The number of benzene rings is 2. The Hall–Kier alpha value is -1.95. The normalized spacial score (nSPS) is 12.0. The maximum Gasteiger partial charge on any atom is 0.279 e. The topological polar surface area (TPSA) is 43.6 Å². The highest BCUT2D eigenvalue weighted by Gasteiger charge is 2.10. The molecule has 0 aliphatic rings. The van der Waals surface area contributed by atoms with Gasteiger partial charge in [0.25, 0.3) is 5.91 Å². The minimum atomic E-state index is -0.276. The van der Waals surface area contributed by atoms with Crippen LogP contribution in [-0.2, 0) is 11.3 Å². The SMILES string of the molecule is COCCn1c(=NC(=O)c2ccc(Cl)cc2)sc2cccc(C)c21. The fourth-order valence-electron chi connectivity index (χ4n) is 2.53. The first-order valence-corrected chi connectivity index (χ1v) is 8.72. The summed E-state index contributed by atoms with van der Waals surface area (Å²) in [4.78, 5) is 17.5. The lowest BCUT2D eigenvalue weighted by atomic mass is 10.2. The molecule has 0 aliphatic heterocycles. The molecule has 1 amide bonds. The van der Waals surface area contributed by atoms with E-state index in [0.29, 0.717) is 28.5 Å². The van der Waals surface area contributed by atoms with E-state index >= 15 is 0 Å². The molecule has 1 heterocycles. The second-order valence-electron chi connectivity index (χ2n) is 5.37. The Balaban J connectivity index is 2.12. The van der Waals surface area contributed by atoms with E-state index in [1.54, 1.807) is 31.4 Å². The van der Waals surface area contributed by atoms with Crippen LogP contribution in [0.25, 0.3) is 10.2 Å². The lowest BCUT2D eigenvalue weighted by Crippen LogP contribution is -2.19. The third-order valence-corrected chi connectivity index (χ3v) is 5.01. The van der Waals surface area contributed by atoms with Crippen LogP contribution in [0.5, 0.6) is 0 Å². The lowest BCUT2D eigenvalue weighted by Gasteiger charge is -2.06. The summed E-state index contributed by atoms with van der Waals surface area (Å²) in [5.74, 6) is -0.276. The molecule has 1 aromatic heterocycles. The van der Waals surface area contributed by atoms with Crippen LogP contribution in [-0.4, -0.2) is 24.2 Å². The van der Waals surface area contributed by atoms with Gasteiger partial charge in [0.15, 0.2) is 4.80 Å². The number of carbonyl (C=O) groups is 1. The lowest BCUT2D eigenvalue weighted by molar-refractivity contribution is 0.0997. The summed E-state index contributed by atoms with van der Waals surface area (Å²) in [5, 5.41) is 0.596. The Labute approximate surface area is 149 Å². The number of aryl methyl sites for hydroxylation is 1. The number of ether oxygens (including phenoxy) is 1.